The number of halogens is 1. The number of hydrogen-bond donors (Lipinski definition) is 2. The van der Waals surface area contributed by atoms with Crippen LogP contribution in [0.2, 0.25) is 5.02 Å². The van der Waals surface area contributed by atoms with Gasteiger partial charge in [-0.25, -0.2) is 9.78 Å². The molecule has 0 aromatic carbocycles. The largest absolute Gasteiger partial charge is 0.331 e. The lowest BCUT2D eigenvalue weighted by Gasteiger charge is -1.99. The van der Waals surface area contributed by atoms with Crippen LogP contribution in [0.4, 0.5) is 0 Å². The molecule has 0 radical (unpaired) electrons. The van der Waals surface area contributed by atoms with Crippen LogP contribution in [0, 0.1) is 0 Å². The number of aromatic amines is 2. The van der Waals surface area contributed by atoms with Gasteiger partial charge < -0.3 is 4.98 Å². The molecule has 0 atom stereocenters. The van der Waals surface area contributed by atoms with Crippen molar-refractivity contribution in [1.29, 1.82) is 0 Å². The molecule has 3 aromatic heterocycles. The lowest BCUT2D eigenvalue weighted by atomic mass is 10.4. The average Bonchev–Trinajstić information content (AvgIpc) is 2.95. The van der Waals surface area contributed by atoms with Crippen LogP contribution in [0.3, 0.4) is 0 Å². The topological polar surface area (TPSA) is 83.5 Å². The van der Waals surface area contributed by atoms with Gasteiger partial charge in [0.25, 0.3) is 5.56 Å². The molecule has 3 rings (SSSR count). The fraction of sp³-hybridized carbons (Fsp3) is 0.182. The van der Waals surface area contributed by atoms with Gasteiger partial charge >= 0.3 is 5.69 Å². The highest BCUT2D eigenvalue weighted by molar-refractivity contribution is 7.14. The molecule has 6 nitrogen and oxygen atoms in total. The van der Waals surface area contributed by atoms with Crippen LogP contribution < -0.4 is 11.2 Å². The minimum atomic E-state index is -0.476. The van der Waals surface area contributed by atoms with Crippen molar-refractivity contribution in [2.45, 2.75) is 13.5 Å². The highest BCUT2D eigenvalue weighted by Gasteiger charge is 2.15. The third-order valence-electron chi connectivity index (χ3n) is 2.78. The second kappa shape index (κ2) is 4.36. The predicted molar refractivity (Wildman–Crippen MR) is 75.0 cm³/mol. The van der Waals surface area contributed by atoms with Crippen molar-refractivity contribution in [3.63, 3.8) is 0 Å². The van der Waals surface area contributed by atoms with Crippen molar-refractivity contribution in [2.75, 3.05) is 0 Å². The van der Waals surface area contributed by atoms with E-state index in [1.165, 1.54) is 15.9 Å². The van der Waals surface area contributed by atoms with Crippen molar-refractivity contribution in [2.24, 2.45) is 0 Å². The summed E-state index contributed by atoms with van der Waals surface area (Å²) >= 11 is 7.46. The van der Waals surface area contributed by atoms with Crippen molar-refractivity contribution >= 4 is 34.1 Å². The van der Waals surface area contributed by atoms with Gasteiger partial charge in [0.15, 0.2) is 11.5 Å². The second-order valence-corrected chi connectivity index (χ2v) is 5.21. The minimum Gasteiger partial charge on any atom is -0.331 e. The Morgan fingerprint density at radius 1 is 1.42 bits per heavy atom. The summed E-state index contributed by atoms with van der Waals surface area (Å²) < 4.78 is 1.40. The number of hydrogen-bond acceptors (Lipinski definition) is 4. The first-order valence-electron chi connectivity index (χ1n) is 5.58. The Morgan fingerprint density at radius 3 is 2.84 bits per heavy atom. The van der Waals surface area contributed by atoms with E-state index in [2.05, 4.69) is 15.0 Å². The van der Waals surface area contributed by atoms with E-state index in [1.54, 1.807) is 6.07 Å². The molecule has 19 heavy (non-hydrogen) atoms. The van der Waals surface area contributed by atoms with Gasteiger partial charge in [-0.2, -0.15) is 0 Å². The molecule has 0 aliphatic rings. The lowest BCUT2D eigenvalue weighted by Crippen LogP contribution is -2.29. The number of nitrogens with zero attached hydrogens (tertiary/aromatic N) is 2. The zero-order valence-electron chi connectivity index (χ0n) is 9.86. The van der Waals surface area contributed by atoms with Gasteiger partial charge in [-0.15, -0.1) is 11.3 Å². The minimum absolute atomic E-state index is 0.279. The van der Waals surface area contributed by atoms with E-state index in [-0.39, 0.29) is 5.52 Å². The van der Waals surface area contributed by atoms with Gasteiger partial charge in [0, 0.05) is 6.54 Å². The van der Waals surface area contributed by atoms with E-state index in [4.69, 9.17) is 11.6 Å². The number of aryl methyl sites for hydroxylation is 1. The van der Waals surface area contributed by atoms with E-state index in [9.17, 15) is 9.59 Å². The van der Waals surface area contributed by atoms with Crippen LogP contribution in [-0.4, -0.2) is 19.5 Å². The number of thiophene rings is 1. The molecule has 0 amide bonds. The van der Waals surface area contributed by atoms with Gasteiger partial charge in [-0.3, -0.25) is 14.3 Å². The SMILES string of the molecule is CCn1c(=O)[nH]c(=O)c2[nH]c(-c3sccc3Cl)nc21. The van der Waals surface area contributed by atoms with E-state index >= 15 is 0 Å². The number of H-pyrrole nitrogens is 2. The standard InChI is InChI=1S/C11H9ClN4O2S/c1-2-16-9-6(10(17)15-11(16)18)13-8(14-9)7-5(12)3-4-19-7/h3-4H,2H2,1H3,(H,13,14)(H,15,17,18). The molecule has 0 saturated heterocycles. The summed E-state index contributed by atoms with van der Waals surface area (Å²) in [6.45, 7) is 2.24. The Bertz CT molecular complexity index is 873. The van der Waals surface area contributed by atoms with Gasteiger partial charge in [0.1, 0.15) is 5.52 Å². The smallest absolute Gasteiger partial charge is 0.330 e. The summed E-state index contributed by atoms with van der Waals surface area (Å²) in [4.78, 5) is 33.7. The summed E-state index contributed by atoms with van der Waals surface area (Å²) in [5, 5.41) is 2.40. The average molecular weight is 297 g/mol. The number of imidazole rings is 1. The predicted octanol–water partition coefficient (Wildman–Crippen LogP) is 1.81. The summed E-state index contributed by atoms with van der Waals surface area (Å²) in [5.41, 5.74) is -0.317. The Kier molecular flexibility index (Phi) is 2.79. The van der Waals surface area contributed by atoms with Crippen LogP contribution in [0.5, 0.6) is 0 Å². The van der Waals surface area contributed by atoms with Crippen molar-refractivity contribution in [3.8, 4) is 10.7 Å². The highest BCUT2D eigenvalue weighted by Crippen LogP contribution is 2.31. The van der Waals surface area contributed by atoms with E-state index in [0.29, 0.717) is 23.0 Å². The van der Waals surface area contributed by atoms with Crippen LogP contribution >= 0.6 is 22.9 Å². The van der Waals surface area contributed by atoms with E-state index in [1.807, 2.05) is 12.3 Å². The van der Waals surface area contributed by atoms with Crippen molar-refractivity contribution in [1.82, 2.24) is 19.5 Å². The van der Waals surface area contributed by atoms with E-state index < -0.39 is 11.2 Å². The Hall–Kier alpha value is -1.86. The third kappa shape index (κ3) is 1.82. The first-order valence-corrected chi connectivity index (χ1v) is 6.83. The molecule has 0 spiro atoms. The summed E-state index contributed by atoms with van der Waals surface area (Å²) in [5.74, 6) is 0.494. The summed E-state index contributed by atoms with van der Waals surface area (Å²) in [7, 11) is 0. The highest BCUT2D eigenvalue weighted by atomic mass is 35.5. The molecule has 0 unspecified atom stereocenters. The molecule has 0 aliphatic heterocycles. The third-order valence-corrected chi connectivity index (χ3v) is 4.13. The van der Waals surface area contributed by atoms with E-state index in [0.717, 1.165) is 4.88 Å². The maximum Gasteiger partial charge on any atom is 0.330 e. The molecule has 0 fully saturated rings. The fourth-order valence-corrected chi connectivity index (χ4v) is 2.99. The fourth-order valence-electron chi connectivity index (χ4n) is 1.90. The van der Waals surface area contributed by atoms with Gasteiger partial charge in [0.05, 0.1) is 9.90 Å². The van der Waals surface area contributed by atoms with Crippen molar-refractivity contribution < 1.29 is 0 Å². The zero-order valence-corrected chi connectivity index (χ0v) is 11.4. The first-order chi connectivity index (χ1) is 9.11. The number of aromatic nitrogens is 4. The van der Waals surface area contributed by atoms with Crippen molar-refractivity contribution in [3.05, 3.63) is 37.3 Å². The summed E-state index contributed by atoms with van der Waals surface area (Å²) in [6.07, 6.45) is 0. The van der Waals surface area contributed by atoms with Crippen LogP contribution in [0.15, 0.2) is 21.0 Å². The van der Waals surface area contributed by atoms with Gasteiger partial charge in [-0.05, 0) is 18.4 Å². The molecule has 2 N–H and O–H groups in total. The molecule has 98 valence electrons. The Labute approximate surface area is 115 Å². The number of nitrogens with one attached hydrogen (secondary N) is 2. The Balaban J connectivity index is 2.38. The molecule has 3 heterocycles. The quantitative estimate of drug-likeness (QED) is 0.756. The lowest BCUT2D eigenvalue weighted by molar-refractivity contribution is 0.720. The van der Waals surface area contributed by atoms with Gasteiger partial charge in [-0.1, -0.05) is 11.6 Å². The number of rotatable bonds is 2. The number of fused-ring (bicyclic) bond motifs is 1. The van der Waals surface area contributed by atoms with Gasteiger partial charge in [0.2, 0.25) is 0 Å². The molecule has 0 saturated carbocycles. The molecule has 8 heteroatoms. The maximum absolute atomic E-state index is 11.8. The molecule has 0 aliphatic carbocycles. The second-order valence-electron chi connectivity index (χ2n) is 3.89. The molecular weight excluding hydrogens is 288 g/mol. The monoisotopic (exact) mass is 296 g/mol. The molecular formula is C11H9ClN4O2S. The van der Waals surface area contributed by atoms with Crippen LogP contribution in [-0.2, 0) is 6.54 Å². The maximum atomic E-state index is 11.8. The normalized spacial score (nSPS) is 11.3. The van der Waals surface area contributed by atoms with Crippen LogP contribution in [0.1, 0.15) is 6.92 Å². The zero-order chi connectivity index (χ0) is 13.6. The molecule has 3 aromatic rings. The first kappa shape index (κ1) is 12.2. The Morgan fingerprint density at radius 2 is 2.21 bits per heavy atom. The summed E-state index contributed by atoms with van der Waals surface area (Å²) in [6, 6.07) is 1.76. The van der Waals surface area contributed by atoms with Crippen LogP contribution in [0.25, 0.3) is 21.9 Å². The molecule has 0 bridgehead atoms.